The second-order valence-corrected chi connectivity index (χ2v) is 5.51. The minimum atomic E-state index is -0.152. The van der Waals surface area contributed by atoms with E-state index in [-0.39, 0.29) is 18.0 Å². The Morgan fingerprint density at radius 3 is 2.82 bits per heavy atom. The first-order valence-corrected chi connectivity index (χ1v) is 7.57. The number of nitrogens with one attached hydrogen (secondary N) is 1. The van der Waals surface area contributed by atoms with Gasteiger partial charge in [0.05, 0.1) is 18.6 Å². The lowest BCUT2D eigenvalue weighted by atomic mass is 10.0. The van der Waals surface area contributed by atoms with Gasteiger partial charge in [-0.3, -0.25) is 4.79 Å². The highest BCUT2D eigenvalue weighted by Crippen LogP contribution is 2.31. The molecule has 6 nitrogen and oxygen atoms in total. The summed E-state index contributed by atoms with van der Waals surface area (Å²) in [6.07, 6.45) is 4.08. The van der Waals surface area contributed by atoms with Gasteiger partial charge in [0.25, 0.3) is 0 Å². The summed E-state index contributed by atoms with van der Waals surface area (Å²) in [4.78, 5) is 18.8. The number of hydrogen-bond donors (Lipinski definition) is 1. The molecule has 0 spiro atoms. The Bertz CT molecular complexity index is 600. The molecule has 2 heterocycles. The third kappa shape index (κ3) is 3.01. The van der Waals surface area contributed by atoms with Crippen molar-refractivity contribution < 1.29 is 9.32 Å². The highest BCUT2D eigenvalue weighted by molar-refractivity contribution is 5.82. The molecule has 1 aliphatic rings. The minimum absolute atomic E-state index is 0.0468. The third-order valence-electron chi connectivity index (χ3n) is 4.18. The van der Waals surface area contributed by atoms with Crippen LogP contribution in [0, 0.1) is 0 Å². The zero-order valence-corrected chi connectivity index (χ0v) is 12.6. The maximum atomic E-state index is 12.9. The minimum Gasteiger partial charge on any atom is -0.343 e. The summed E-state index contributed by atoms with van der Waals surface area (Å²) in [6.45, 7) is 0.368. The molecule has 1 aliphatic heterocycles. The number of nitrogens with zero attached hydrogens (tertiary/aromatic N) is 3. The van der Waals surface area contributed by atoms with Gasteiger partial charge in [0.2, 0.25) is 12.3 Å². The molecule has 2 unspecified atom stereocenters. The molecule has 2 atom stereocenters. The van der Waals surface area contributed by atoms with E-state index in [4.69, 9.17) is 4.52 Å². The quantitative estimate of drug-likeness (QED) is 0.934. The number of hydrogen-bond acceptors (Lipinski definition) is 5. The van der Waals surface area contributed by atoms with Gasteiger partial charge in [-0.2, -0.15) is 4.98 Å². The van der Waals surface area contributed by atoms with E-state index >= 15 is 0 Å². The fourth-order valence-corrected chi connectivity index (χ4v) is 3.04. The maximum absolute atomic E-state index is 12.9. The van der Waals surface area contributed by atoms with Crippen molar-refractivity contribution in [3.63, 3.8) is 0 Å². The van der Waals surface area contributed by atoms with Crippen LogP contribution in [0.5, 0.6) is 0 Å². The van der Waals surface area contributed by atoms with Crippen LogP contribution in [0.4, 0.5) is 0 Å². The Morgan fingerprint density at radius 1 is 1.32 bits per heavy atom. The summed E-state index contributed by atoms with van der Waals surface area (Å²) < 4.78 is 4.80. The van der Waals surface area contributed by atoms with Gasteiger partial charge in [-0.25, -0.2) is 0 Å². The van der Waals surface area contributed by atoms with E-state index in [0.717, 1.165) is 24.8 Å². The predicted octanol–water partition coefficient (Wildman–Crippen LogP) is 1.91. The molecular formula is C16H20N4O2. The number of aromatic nitrogens is 2. The summed E-state index contributed by atoms with van der Waals surface area (Å²) in [7, 11) is 1.83. The molecule has 1 N–H and O–H groups in total. The summed E-state index contributed by atoms with van der Waals surface area (Å²) in [6, 6.07) is 10.0. The molecule has 0 radical (unpaired) electrons. The maximum Gasteiger partial charge on any atom is 0.240 e. The standard InChI is InChI=1S/C16H20N4O2/c1-17-13-8-5-9-14(12-6-3-2-4-7-12)20(16(13)21)10-15-18-11-22-19-15/h2-4,6-7,11,13-14,17H,5,8-10H2,1H3. The van der Waals surface area contributed by atoms with Gasteiger partial charge in [0.1, 0.15) is 0 Å². The third-order valence-corrected chi connectivity index (χ3v) is 4.18. The van der Waals surface area contributed by atoms with Crippen molar-refractivity contribution in [2.45, 2.75) is 37.9 Å². The molecule has 0 bridgehead atoms. The lowest BCUT2D eigenvalue weighted by Gasteiger charge is -2.31. The van der Waals surface area contributed by atoms with Crippen LogP contribution in [0.3, 0.4) is 0 Å². The smallest absolute Gasteiger partial charge is 0.240 e. The van der Waals surface area contributed by atoms with E-state index in [1.165, 1.54) is 6.39 Å². The number of rotatable bonds is 4. The Kier molecular flexibility index (Phi) is 4.48. The van der Waals surface area contributed by atoms with E-state index < -0.39 is 0 Å². The van der Waals surface area contributed by atoms with Crippen molar-refractivity contribution in [2.75, 3.05) is 7.05 Å². The SMILES string of the molecule is CNC1CCCC(c2ccccc2)N(Cc2ncon2)C1=O. The molecule has 0 aliphatic carbocycles. The van der Waals surface area contributed by atoms with Crippen LogP contribution in [0.15, 0.2) is 41.2 Å². The van der Waals surface area contributed by atoms with Gasteiger partial charge in [0.15, 0.2) is 5.82 Å². The molecule has 1 aromatic carbocycles. The van der Waals surface area contributed by atoms with Crippen molar-refractivity contribution in [2.24, 2.45) is 0 Å². The first-order valence-electron chi connectivity index (χ1n) is 7.57. The molecule has 3 rings (SSSR count). The van der Waals surface area contributed by atoms with Gasteiger partial charge in [-0.15, -0.1) is 0 Å². The zero-order chi connectivity index (χ0) is 15.4. The molecule has 1 amide bonds. The average molecular weight is 300 g/mol. The Balaban J connectivity index is 1.92. The molecule has 6 heteroatoms. The van der Waals surface area contributed by atoms with E-state index in [1.54, 1.807) is 0 Å². The fourth-order valence-electron chi connectivity index (χ4n) is 3.04. The number of carbonyl (C=O) groups is 1. The lowest BCUT2D eigenvalue weighted by molar-refractivity contribution is -0.136. The van der Waals surface area contributed by atoms with E-state index in [0.29, 0.717) is 12.4 Å². The van der Waals surface area contributed by atoms with Crippen LogP contribution in [0.25, 0.3) is 0 Å². The highest BCUT2D eigenvalue weighted by atomic mass is 16.5. The highest BCUT2D eigenvalue weighted by Gasteiger charge is 2.33. The molecule has 1 aromatic heterocycles. The molecule has 1 fully saturated rings. The number of carbonyl (C=O) groups excluding carboxylic acids is 1. The summed E-state index contributed by atoms with van der Waals surface area (Å²) >= 11 is 0. The van der Waals surface area contributed by atoms with E-state index in [9.17, 15) is 4.79 Å². The van der Waals surface area contributed by atoms with Crippen molar-refractivity contribution in [3.8, 4) is 0 Å². The molecular weight excluding hydrogens is 280 g/mol. The summed E-state index contributed by atoms with van der Waals surface area (Å²) in [5.41, 5.74) is 1.15. The predicted molar refractivity (Wildman–Crippen MR) is 80.7 cm³/mol. The largest absolute Gasteiger partial charge is 0.343 e. The van der Waals surface area contributed by atoms with Crippen LogP contribution in [0.2, 0.25) is 0 Å². The van der Waals surface area contributed by atoms with Gasteiger partial charge in [-0.05, 0) is 31.9 Å². The zero-order valence-electron chi connectivity index (χ0n) is 12.6. The van der Waals surface area contributed by atoms with Gasteiger partial charge >= 0.3 is 0 Å². The number of likely N-dealkylation sites (tertiary alicyclic amines) is 1. The fraction of sp³-hybridized carbons (Fsp3) is 0.438. The molecule has 2 aromatic rings. The second kappa shape index (κ2) is 6.70. The number of likely N-dealkylation sites (N-methyl/N-ethyl adjacent to an activating group) is 1. The summed E-state index contributed by atoms with van der Waals surface area (Å²) in [5.74, 6) is 0.629. The van der Waals surface area contributed by atoms with Crippen LogP contribution in [0.1, 0.15) is 36.7 Å². The molecule has 0 saturated carbocycles. The Labute approximate surface area is 129 Å². The molecule has 116 valence electrons. The first kappa shape index (κ1) is 14.7. The van der Waals surface area contributed by atoms with E-state index in [1.807, 2.05) is 30.1 Å². The monoisotopic (exact) mass is 300 g/mol. The Morgan fingerprint density at radius 2 is 2.14 bits per heavy atom. The number of benzene rings is 1. The lowest BCUT2D eigenvalue weighted by Crippen LogP contribution is -2.44. The first-order chi connectivity index (χ1) is 10.8. The van der Waals surface area contributed by atoms with Gasteiger partial charge in [-0.1, -0.05) is 35.5 Å². The van der Waals surface area contributed by atoms with Gasteiger partial charge in [0, 0.05) is 0 Å². The van der Waals surface area contributed by atoms with Crippen LogP contribution in [-0.2, 0) is 11.3 Å². The van der Waals surface area contributed by atoms with Crippen molar-refractivity contribution in [1.29, 1.82) is 0 Å². The van der Waals surface area contributed by atoms with Crippen molar-refractivity contribution in [1.82, 2.24) is 20.4 Å². The Hall–Kier alpha value is -2.21. The van der Waals surface area contributed by atoms with E-state index in [2.05, 4.69) is 27.6 Å². The van der Waals surface area contributed by atoms with Gasteiger partial charge < -0.3 is 14.7 Å². The number of amides is 1. The normalized spacial score (nSPS) is 22.6. The van der Waals surface area contributed by atoms with Crippen molar-refractivity contribution >= 4 is 5.91 Å². The van der Waals surface area contributed by atoms with Crippen LogP contribution in [-0.4, -0.2) is 34.0 Å². The van der Waals surface area contributed by atoms with Crippen molar-refractivity contribution in [3.05, 3.63) is 48.1 Å². The molecule has 1 saturated heterocycles. The molecule has 22 heavy (non-hydrogen) atoms. The topological polar surface area (TPSA) is 71.3 Å². The van der Waals surface area contributed by atoms with Crippen LogP contribution < -0.4 is 5.32 Å². The average Bonchev–Trinajstić information content (AvgIpc) is 3.01. The second-order valence-electron chi connectivity index (χ2n) is 5.51. The van der Waals surface area contributed by atoms with Crippen LogP contribution >= 0.6 is 0 Å². The summed E-state index contributed by atoms with van der Waals surface area (Å²) in [5, 5.41) is 6.97.